The van der Waals surface area contributed by atoms with E-state index in [4.69, 9.17) is 4.42 Å². The van der Waals surface area contributed by atoms with E-state index >= 15 is 0 Å². The van der Waals surface area contributed by atoms with Crippen LogP contribution in [0.15, 0.2) is 28.7 Å². The summed E-state index contributed by atoms with van der Waals surface area (Å²) in [6, 6.07) is 7.06. The van der Waals surface area contributed by atoms with E-state index in [9.17, 15) is 25.0 Å². The topological polar surface area (TPSA) is 135 Å². The summed E-state index contributed by atoms with van der Waals surface area (Å²) < 4.78 is 9.79. The lowest BCUT2D eigenvalue weighted by Crippen LogP contribution is -2.14. The number of hydrogen-bond acceptors (Lipinski definition) is 7. The van der Waals surface area contributed by atoms with Crippen LogP contribution in [0.25, 0.3) is 0 Å². The minimum absolute atomic E-state index is 0.0799. The maximum Gasteiger partial charge on any atom is 0.342 e. The van der Waals surface area contributed by atoms with E-state index in [1.54, 1.807) is 6.07 Å². The highest BCUT2D eigenvalue weighted by molar-refractivity contribution is 6.08. The molecule has 0 spiro atoms. The highest BCUT2D eigenvalue weighted by Crippen LogP contribution is 2.28. The molecule has 1 aromatic heterocycles. The molecule has 0 saturated carbocycles. The van der Waals surface area contributed by atoms with Gasteiger partial charge in [0.25, 0.3) is 11.6 Å². The largest absolute Gasteiger partial charge is 0.465 e. The third-order valence-electron chi connectivity index (χ3n) is 3.16. The molecule has 0 aliphatic heterocycles. The number of para-hydroxylation sites is 1. The molecule has 0 fully saturated rings. The van der Waals surface area contributed by atoms with Crippen molar-refractivity contribution in [1.29, 1.82) is 5.26 Å². The Bertz CT molecular complexity index is 878. The number of anilines is 1. The Balaban J connectivity index is 2.43. The van der Waals surface area contributed by atoms with Crippen LogP contribution in [-0.2, 0) is 4.74 Å². The third-order valence-corrected chi connectivity index (χ3v) is 3.16. The molecule has 1 N–H and O–H groups in total. The molecule has 0 aliphatic carbocycles. The quantitative estimate of drug-likeness (QED) is 0.516. The zero-order valence-electron chi connectivity index (χ0n) is 12.7. The van der Waals surface area contributed by atoms with Gasteiger partial charge >= 0.3 is 5.97 Å². The van der Waals surface area contributed by atoms with Crippen molar-refractivity contribution in [3.63, 3.8) is 0 Å². The third kappa shape index (κ3) is 2.93. The second kappa shape index (κ2) is 6.62. The first-order chi connectivity index (χ1) is 11.4. The standard InChI is InChI=1S/C15H11N3O6/c1-8-12(15(20)23-2)10(7-16)14(24-8)17-13(19)9-5-3-4-6-11(9)18(21)22/h3-6H,1-2H3,(H,17,19). The minimum Gasteiger partial charge on any atom is -0.465 e. The number of benzene rings is 1. The van der Waals surface area contributed by atoms with Gasteiger partial charge in [0, 0.05) is 6.07 Å². The van der Waals surface area contributed by atoms with Gasteiger partial charge in [-0.05, 0) is 13.0 Å². The monoisotopic (exact) mass is 329 g/mol. The number of rotatable bonds is 4. The Kier molecular flexibility index (Phi) is 4.60. The first-order valence-electron chi connectivity index (χ1n) is 6.57. The van der Waals surface area contributed by atoms with Crippen molar-refractivity contribution in [2.45, 2.75) is 6.92 Å². The van der Waals surface area contributed by atoms with Gasteiger partial charge in [0.05, 0.1) is 12.0 Å². The number of nitriles is 1. The number of nitrogens with one attached hydrogen (secondary N) is 1. The van der Waals surface area contributed by atoms with Crippen molar-refractivity contribution in [3.05, 3.63) is 56.8 Å². The molecule has 24 heavy (non-hydrogen) atoms. The van der Waals surface area contributed by atoms with Gasteiger partial charge in [-0.15, -0.1) is 0 Å². The Morgan fingerprint density at radius 2 is 2.04 bits per heavy atom. The van der Waals surface area contributed by atoms with Crippen molar-refractivity contribution in [2.75, 3.05) is 12.4 Å². The first kappa shape index (κ1) is 16.7. The van der Waals surface area contributed by atoms with Crippen LogP contribution in [0.5, 0.6) is 0 Å². The van der Waals surface area contributed by atoms with E-state index in [0.717, 1.165) is 7.11 Å². The van der Waals surface area contributed by atoms with Gasteiger partial charge in [-0.3, -0.25) is 20.2 Å². The van der Waals surface area contributed by atoms with Gasteiger partial charge in [0.15, 0.2) is 0 Å². The molecule has 0 radical (unpaired) electrons. The van der Waals surface area contributed by atoms with Crippen LogP contribution in [0, 0.1) is 28.4 Å². The molecule has 0 atom stereocenters. The molecule has 1 heterocycles. The number of nitro benzene ring substituents is 1. The number of methoxy groups -OCH3 is 1. The molecular formula is C15H11N3O6. The molecule has 0 saturated heterocycles. The van der Waals surface area contributed by atoms with Crippen LogP contribution >= 0.6 is 0 Å². The second-order valence-corrected chi connectivity index (χ2v) is 4.57. The number of esters is 1. The number of furan rings is 1. The lowest BCUT2D eigenvalue weighted by Gasteiger charge is -2.03. The molecule has 122 valence electrons. The van der Waals surface area contributed by atoms with Crippen LogP contribution < -0.4 is 5.32 Å². The lowest BCUT2D eigenvalue weighted by atomic mass is 10.1. The van der Waals surface area contributed by atoms with Gasteiger partial charge < -0.3 is 9.15 Å². The second-order valence-electron chi connectivity index (χ2n) is 4.57. The van der Waals surface area contributed by atoms with E-state index in [-0.39, 0.29) is 28.3 Å². The van der Waals surface area contributed by atoms with Crippen molar-refractivity contribution < 1.29 is 23.7 Å². The van der Waals surface area contributed by atoms with Gasteiger partial charge in [-0.2, -0.15) is 5.26 Å². The number of nitrogens with zero attached hydrogens (tertiary/aromatic N) is 2. The summed E-state index contributed by atoms with van der Waals surface area (Å²) in [4.78, 5) is 34.2. The number of carbonyl (C=O) groups is 2. The predicted molar refractivity (Wildman–Crippen MR) is 80.5 cm³/mol. The van der Waals surface area contributed by atoms with Gasteiger partial charge in [0.2, 0.25) is 5.88 Å². The SMILES string of the molecule is COC(=O)c1c(C)oc(NC(=O)c2ccccc2[N+](=O)[O-])c1C#N. The zero-order valence-corrected chi connectivity index (χ0v) is 12.7. The van der Waals surface area contributed by atoms with Crippen molar-refractivity contribution in [1.82, 2.24) is 0 Å². The number of hydrogen-bond donors (Lipinski definition) is 1. The number of carbonyl (C=O) groups excluding carboxylic acids is 2. The summed E-state index contributed by atoms with van der Waals surface area (Å²) in [5.74, 6) is -1.84. The fourth-order valence-electron chi connectivity index (χ4n) is 2.08. The zero-order chi connectivity index (χ0) is 17.9. The predicted octanol–water partition coefficient (Wildman–Crippen LogP) is 2.41. The number of amides is 1. The van der Waals surface area contributed by atoms with Crippen molar-refractivity contribution in [3.8, 4) is 6.07 Å². The molecule has 9 nitrogen and oxygen atoms in total. The Morgan fingerprint density at radius 1 is 1.38 bits per heavy atom. The Morgan fingerprint density at radius 3 is 2.62 bits per heavy atom. The van der Waals surface area contributed by atoms with Crippen LogP contribution in [0.1, 0.15) is 32.0 Å². The summed E-state index contributed by atoms with van der Waals surface area (Å²) in [7, 11) is 1.14. The van der Waals surface area contributed by atoms with Gasteiger partial charge in [-0.25, -0.2) is 4.79 Å². The van der Waals surface area contributed by atoms with Crippen LogP contribution in [0.2, 0.25) is 0 Å². The number of ether oxygens (including phenoxy) is 1. The van der Waals surface area contributed by atoms with E-state index in [1.807, 2.05) is 0 Å². The average molecular weight is 329 g/mol. The maximum absolute atomic E-state index is 12.3. The molecule has 1 aromatic carbocycles. The molecule has 0 unspecified atom stereocenters. The fraction of sp³-hybridized carbons (Fsp3) is 0.133. The van der Waals surface area contributed by atoms with Crippen molar-refractivity contribution in [2.24, 2.45) is 0 Å². The highest BCUT2D eigenvalue weighted by atomic mass is 16.6. The molecule has 0 bridgehead atoms. The fourth-order valence-corrected chi connectivity index (χ4v) is 2.08. The minimum atomic E-state index is -0.844. The molecule has 2 aromatic rings. The smallest absolute Gasteiger partial charge is 0.342 e. The number of nitro groups is 1. The maximum atomic E-state index is 12.3. The summed E-state index contributed by atoms with van der Waals surface area (Å²) in [6.45, 7) is 1.42. The van der Waals surface area contributed by atoms with E-state index in [0.29, 0.717) is 0 Å². The van der Waals surface area contributed by atoms with Crippen LogP contribution in [0.3, 0.4) is 0 Å². The van der Waals surface area contributed by atoms with E-state index in [2.05, 4.69) is 10.1 Å². The van der Waals surface area contributed by atoms with Crippen LogP contribution in [0.4, 0.5) is 11.6 Å². The normalized spacial score (nSPS) is 9.88. The lowest BCUT2D eigenvalue weighted by molar-refractivity contribution is -0.385. The summed E-state index contributed by atoms with van der Waals surface area (Å²) >= 11 is 0. The Hall–Kier alpha value is -3.67. The number of aryl methyl sites for hydroxylation is 1. The van der Waals surface area contributed by atoms with E-state index in [1.165, 1.54) is 31.2 Å². The summed E-state index contributed by atoms with van der Waals surface area (Å²) in [5, 5.41) is 22.5. The van der Waals surface area contributed by atoms with Crippen LogP contribution in [-0.4, -0.2) is 23.9 Å². The van der Waals surface area contributed by atoms with E-state index < -0.39 is 22.5 Å². The van der Waals surface area contributed by atoms with Crippen molar-refractivity contribution >= 4 is 23.4 Å². The molecule has 0 aliphatic rings. The average Bonchev–Trinajstić information content (AvgIpc) is 2.89. The first-order valence-corrected chi connectivity index (χ1v) is 6.57. The van der Waals surface area contributed by atoms with Gasteiger partial charge in [0.1, 0.15) is 28.5 Å². The highest BCUT2D eigenvalue weighted by Gasteiger charge is 2.27. The van der Waals surface area contributed by atoms with Gasteiger partial charge in [-0.1, -0.05) is 12.1 Å². The molecular weight excluding hydrogens is 318 g/mol. The summed E-state index contributed by atoms with van der Waals surface area (Å²) in [6.07, 6.45) is 0. The summed E-state index contributed by atoms with van der Waals surface area (Å²) in [5.41, 5.74) is -0.936. The molecule has 9 heteroatoms. The molecule has 1 amide bonds. The molecule has 2 rings (SSSR count). The Labute approximate surface area is 135 Å².